The maximum atomic E-state index is 12.4. The van der Waals surface area contributed by atoms with E-state index in [4.69, 9.17) is 9.57 Å². The number of carbonyl (C=O) groups excluding carboxylic acids is 3. The molecule has 2 aliphatic rings. The van der Waals surface area contributed by atoms with Crippen molar-refractivity contribution in [2.24, 2.45) is 0 Å². The van der Waals surface area contributed by atoms with Crippen LogP contribution in [0.5, 0.6) is 0 Å². The first-order valence-corrected chi connectivity index (χ1v) is 7.68. The normalized spacial score (nSPS) is 25.8. The molecule has 2 aliphatic heterocycles. The Kier molecular flexibility index (Phi) is 4.41. The molecule has 2 saturated heterocycles. The van der Waals surface area contributed by atoms with Crippen LogP contribution >= 0.6 is 0 Å². The standard InChI is InChI=1S/C16H16N2O7/c19-12(8-10-4-2-1-3-5-10)17-11-9-24-18(14(11)21)16(15(22)23)7-6-13(20)25-16/h1-5,11H,6-9H2,(H,17,19)(H,22,23)/t11-,16?/m1/s1. The van der Waals surface area contributed by atoms with Gasteiger partial charge in [0.05, 0.1) is 12.8 Å². The van der Waals surface area contributed by atoms with Crippen LogP contribution in [0.1, 0.15) is 18.4 Å². The number of ether oxygens (including phenoxy) is 1. The highest BCUT2D eigenvalue weighted by atomic mass is 16.7. The number of nitrogens with zero attached hydrogens (tertiary/aromatic N) is 1. The number of cyclic esters (lactones) is 1. The number of hydrogen-bond donors (Lipinski definition) is 2. The van der Waals surface area contributed by atoms with Crippen LogP contribution in [-0.4, -0.2) is 52.3 Å². The third-order valence-electron chi connectivity index (χ3n) is 4.02. The lowest BCUT2D eigenvalue weighted by molar-refractivity contribution is -0.256. The zero-order valence-electron chi connectivity index (χ0n) is 13.1. The molecule has 9 nitrogen and oxygen atoms in total. The highest BCUT2D eigenvalue weighted by Gasteiger charge is 2.59. The van der Waals surface area contributed by atoms with Crippen molar-refractivity contribution in [3.63, 3.8) is 0 Å². The van der Waals surface area contributed by atoms with Gasteiger partial charge in [-0.2, -0.15) is 5.06 Å². The molecule has 0 spiro atoms. The third kappa shape index (κ3) is 3.18. The van der Waals surface area contributed by atoms with Crippen molar-refractivity contribution < 1.29 is 33.9 Å². The molecule has 0 radical (unpaired) electrons. The molecular formula is C16H16N2O7. The molecule has 2 heterocycles. The summed E-state index contributed by atoms with van der Waals surface area (Å²) in [6, 6.07) is 7.92. The highest BCUT2D eigenvalue weighted by molar-refractivity contribution is 5.94. The molecule has 1 aromatic rings. The van der Waals surface area contributed by atoms with E-state index in [9.17, 15) is 24.3 Å². The van der Waals surface area contributed by atoms with E-state index in [0.29, 0.717) is 5.06 Å². The first-order valence-electron chi connectivity index (χ1n) is 7.68. The fourth-order valence-electron chi connectivity index (χ4n) is 2.78. The van der Waals surface area contributed by atoms with Gasteiger partial charge in [-0.3, -0.25) is 19.2 Å². The van der Waals surface area contributed by atoms with Gasteiger partial charge in [-0.05, 0) is 5.56 Å². The minimum absolute atomic E-state index is 0.0731. The summed E-state index contributed by atoms with van der Waals surface area (Å²) in [6.07, 6.45) is -0.272. The van der Waals surface area contributed by atoms with E-state index in [1.165, 1.54) is 0 Å². The molecule has 132 valence electrons. The Morgan fingerprint density at radius 3 is 2.60 bits per heavy atom. The van der Waals surface area contributed by atoms with Crippen molar-refractivity contribution in [1.82, 2.24) is 10.4 Å². The maximum Gasteiger partial charge on any atom is 0.372 e. The highest BCUT2D eigenvalue weighted by Crippen LogP contribution is 2.33. The van der Waals surface area contributed by atoms with Crippen LogP contribution < -0.4 is 5.32 Å². The molecular weight excluding hydrogens is 332 g/mol. The molecule has 2 atom stereocenters. The Hall–Kier alpha value is -2.94. The monoisotopic (exact) mass is 348 g/mol. The summed E-state index contributed by atoms with van der Waals surface area (Å²) in [5, 5.41) is 12.4. The quantitative estimate of drug-likeness (QED) is 0.695. The Morgan fingerprint density at radius 2 is 2.00 bits per heavy atom. The molecule has 25 heavy (non-hydrogen) atoms. The summed E-state index contributed by atoms with van der Waals surface area (Å²) in [7, 11) is 0. The molecule has 2 N–H and O–H groups in total. The number of carboxylic acid groups (broad SMARTS) is 1. The molecule has 0 aromatic heterocycles. The van der Waals surface area contributed by atoms with Crippen molar-refractivity contribution in [2.75, 3.05) is 6.61 Å². The van der Waals surface area contributed by atoms with Gasteiger partial charge < -0.3 is 15.2 Å². The molecule has 9 heteroatoms. The zero-order chi connectivity index (χ0) is 18.0. The van der Waals surface area contributed by atoms with Gasteiger partial charge >= 0.3 is 17.7 Å². The minimum Gasteiger partial charge on any atom is -0.477 e. The summed E-state index contributed by atoms with van der Waals surface area (Å²) in [5.74, 6) is -3.39. The van der Waals surface area contributed by atoms with Crippen LogP contribution in [0.25, 0.3) is 0 Å². The number of rotatable bonds is 5. The number of carbonyl (C=O) groups is 4. The van der Waals surface area contributed by atoms with Gasteiger partial charge in [0.15, 0.2) is 0 Å². The number of aliphatic carboxylic acids is 1. The van der Waals surface area contributed by atoms with Crippen molar-refractivity contribution in [3.8, 4) is 0 Å². The van der Waals surface area contributed by atoms with Crippen LogP contribution in [0.15, 0.2) is 30.3 Å². The van der Waals surface area contributed by atoms with E-state index >= 15 is 0 Å². The Bertz CT molecular complexity index is 720. The Balaban J connectivity index is 1.66. The van der Waals surface area contributed by atoms with Crippen molar-refractivity contribution in [2.45, 2.75) is 31.0 Å². The summed E-state index contributed by atoms with van der Waals surface area (Å²) in [5.41, 5.74) is -1.40. The smallest absolute Gasteiger partial charge is 0.372 e. The fourth-order valence-corrected chi connectivity index (χ4v) is 2.78. The van der Waals surface area contributed by atoms with Gasteiger partial charge in [0, 0.05) is 6.42 Å². The second-order valence-corrected chi connectivity index (χ2v) is 5.77. The van der Waals surface area contributed by atoms with Gasteiger partial charge in [-0.25, -0.2) is 4.79 Å². The average molecular weight is 348 g/mol. The van der Waals surface area contributed by atoms with Crippen LogP contribution in [0.2, 0.25) is 0 Å². The lowest BCUT2D eigenvalue weighted by Crippen LogP contribution is -2.56. The molecule has 0 bridgehead atoms. The second-order valence-electron chi connectivity index (χ2n) is 5.77. The minimum atomic E-state index is -2.17. The Labute approximate surface area is 142 Å². The predicted octanol–water partition coefficient (Wildman–Crippen LogP) is -0.394. The molecule has 2 fully saturated rings. The Morgan fingerprint density at radius 1 is 1.28 bits per heavy atom. The molecule has 0 aliphatic carbocycles. The van der Waals surface area contributed by atoms with Gasteiger partial charge in [0.1, 0.15) is 12.6 Å². The lowest BCUT2D eigenvalue weighted by atomic mass is 10.1. The summed E-state index contributed by atoms with van der Waals surface area (Å²) in [4.78, 5) is 52.5. The van der Waals surface area contributed by atoms with Crippen LogP contribution in [0.4, 0.5) is 0 Å². The number of esters is 1. The van der Waals surface area contributed by atoms with Crippen LogP contribution in [0, 0.1) is 0 Å². The van der Waals surface area contributed by atoms with Gasteiger partial charge in [-0.15, -0.1) is 0 Å². The fraction of sp³-hybridized carbons (Fsp3) is 0.375. The first-order chi connectivity index (χ1) is 11.9. The van der Waals surface area contributed by atoms with Crippen LogP contribution in [-0.2, 0) is 35.2 Å². The number of amides is 2. The zero-order valence-corrected chi connectivity index (χ0v) is 13.1. The molecule has 1 unspecified atom stereocenters. The SMILES string of the molecule is O=C(Cc1ccccc1)N[C@@H]1CON(C2(C(=O)O)CCC(=O)O2)C1=O. The molecule has 3 rings (SSSR count). The van der Waals surface area contributed by atoms with Gasteiger partial charge in [0.2, 0.25) is 5.91 Å². The number of carboxylic acids is 1. The van der Waals surface area contributed by atoms with E-state index in [-0.39, 0.29) is 25.9 Å². The second kappa shape index (κ2) is 6.52. The predicted molar refractivity (Wildman–Crippen MR) is 80.6 cm³/mol. The summed E-state index contributed by atoms with van der Waals surface area (Å²) < 4.78 is 4.84. The summed E-state index contributed by atoms with van der Waals surface area (Å²) >= 11 is 0. The molecule has 2 amide bonds. The van der Waals surface area contributed by atoms with Crippen molar-refractivity contribution in [3.05, 3.63) is 35.9 Å². The summed E-state index contributed by atoms with van der Waals surface area (Å²) in [6.45, 7) is -0.230. The van der Waals surface area contributed by atoms with E-state index < -0.39 is 35.5 Å². The van der Waals surface area contributed by atoms with Crippen LogP contribution in [0.3, 0.4) is 0 Å². The largest absolute Gasteiger partial charge is 0.477 e. The number of nitrogens with one attached hydrogen (secondary N) is 1. The van der Waals surface area contributed by atoms with Crippen molar-refractivity contribution in [1.29, 1.82) is 0 Å². The maximum absolute atomic E-state index is 12.4. The average Bonchev–Trinajstić information content (AvgIpc) is 3.13. The third-order valence-corrected chi connectivity index (χ3v) is 4.02. The van der Waals surface area contributed by atoms with E-state index in [1.807, 2.05) is 6.07 Å². The molecule has 1 aromatic carbocycles. The number of hydroxylamine groups is 2. The van der Waals surface area contributed by atoms with Crippen molar-refractivity contribution >= 4 is 23.8 Å². The van der Waals surface area contributed by atoms with Gasteiger partial charge in [0.25, 0.3) is 5.91 Å². The topological polar surface area (TPSA) is 122 Å². The number of benzene rings is 1. The number of hydrogen-bond acceptors (Lipinski definition) is 6. The van der Waals surface area contributed by atoms with E-state index in [0.717, 1.165) is 5.56 Å². The molecule has 0 saturated carbocycles. The lowest BCUT2D eigenvalue weighted by Gasteiger charge is -2.30. The van der Waals surface area contributed by atoms with E-state index in [1.54, 1.807) is 24.3 Å². The first kappa shape index (κ1) is 16.9. The van der Waals surface area contributed by atoms with Gasteiger partial charge in [-0.1, -0.05) is 30.3 Å². The van der Waals surface area contributed by atoms with E-state index in [2.05, 4.69) is 5.32 Å².